The minimum Gasteiger partial charge on any atom is -0.370 e. The third-order valence-electron chi connectivity index (χ3n) is 3.66. The zero-order valence-electron chi connectivity index (χ0n) is 11.6. The van der Waals surface area contributed by atoms with E-state index < -0.39 is 0 Å². The van der Waals surface area contributed by atoms with Crippen molar-refractivity contribution in [3.05, 3.63) is 0 Å². The van der Waals surface area contributed by atoms with E-state index in [4.69, 9.17) is 5.73 Å². The lowest BCUT2D eigenvalue weighted by atomic mass is 9.94. The first-order valence-corrected chi connectivity index (χ1v) is 6.86. The number of aliphatic imine (C=N–C) groups is 1. The molecule has 4 nitrogen and oxygen atoms in total. The Morgan fingerprint density at radius 1 is 1.47 bits per heavy atom. The maximum Gasteiger partial charge on any atom is 0.188 e. The Kier molecular flexibility index (Phi) is 6.34. The Morgan fingerprint density at radius 2 is 2.12 bits per heavy atom. The summed E-state index contributed by atoms with van der Waals surface area (Å²) in [5.74, 6) is 1.44. The highest BCUT2D eigenvalue weighted by Gasteiger charge is 2.15. The molecule has 1 fully saturated rings. The summed E-state index contributed by atoms with van der Waals surface area (Å²) in [4.78, 5) is 6.80. The fourth-order valence-corrected chi connectivity index (χ4v) is 2.12. The van der Waals surface area contributed by atoms with E-state index in [0.29, 0.717) is 12.0 Å². The third kappa shape index (κ3) is 5.91. The molecule has 0 saturated carbocycles. The van der Waals surface area contributed by atoms with Gasteiger partial charge in [-0.1, -0.05) is 6.92 Å². The van der Waals surface area contributed by atoms with Crippen LogP contribution in [0.1, 0.15) is 39.5 Å². The summed E-state index contributed by atoms with van der Waals surface area (Å²) in [5, 5.41) is 3.19. The average Bonchev–Trinajstić information content (AvgIpc) is 2.31. The van der Waals surface area contributed by atoms with E-state index in [0.717, 1.165) is 18.9 Å². The molecule has 1 heterocycles. The lowest BCUT2D eigenvalue weighted by molar-refractivity contribution is 0.214. The monoisotopic (exact) mass is 240 g/mol. The van der Waals surface area contributed by atoms with Gasteiger partial charge in [-0.05, 0) is 58.7 Å². The highest BCUT2D eigenvalue weighted by atomic mass is 15.1. The normalized spacial score (nSPS) is 21.5. The zero-order chi connectivity index (χ0) is 12.7. The van der Waals surface area contributed by atoms with E-state index in [1.807, 2.05) is 0 Å². The van der Waals surface area contributed by atoms with Gasteiger partial charge in [0.1, 0.15) is 0 Å². The number of likely N-dealkylation sites (tertiary alicyclic amines) is 1. The lowest BCUT2D eigenvalue weighted by Gasteiger charge is -2.28. The molecule has 0 bridgehead atoms. The molecule has 100 valence electrons. The van der Waals surface area contributed by atoms with Crippen LogP contribution in [0.5, 0.6) is 0 Å². The van der Waals surface area contributed by atoms with Crippen molar-refractivity contribution in [2.45, 2.75) is 45.6 Å². The molecular weight excluding hydrogens is 212 g/mol. The summed E-state index contributed by atoms with van der Waals surface area (Å²) in [6.45, 7) is 7.59. The molecule has 0 aliphatic carbocycles. The van der Waals surface area contributed by atoms with Gasteiger partial charge in [-0.2, -0.15) is 0 Å². The molecule has 1 saturated heterocycles. The van der Waals surface area contributed by atoms with Gasteiger partial charge in [0.05, 0.1) is 0 Å². The molecule has 3 N–H and O–H groups in total. The molecule has 1 rings (SSSR count). The number of hydrogen-bond donors (Lipinski definition) is 2. The van der Waals surface area contributed by atoms with Gasteiger partial charge in [0.2, 0.25) is 0 Å². The van der Waals surface area contributed by atoms with Crippen LogP contribution in [-0.4, -0.2) is 43.6 Å². The van der Waals surface area contributed by atoms with E-state index in [1.54, 1.807) is 0 Å². The molecule has 0 radical (unpaired) electrons. The van der Waals surface area contributed by atoms with Gasteiger partial charge in [-0.15, -0.1) is 0 Å². The van der Waals surface area contributed by atoms with Crippen LogP contribution in [0.15, 0.2) is 4.99 Å². The zero-order valence-corrected chi connectivity index (χ0v) is 11.6. The number of hydrogen-bond acceptors (Lipinski definition) is 2. The highest BCUT2D eigenvalue weighted by Crippen LogP contribution is 2.19. The predicted octanol–water partition coefficient (Wildman–Crippen LogP) is 1.42. The number of nitrogens with two attached hydrogens (primary N) is 1. The first-order chi connectivity index (χ1) is 8.11. The van der Waals surface area contributed by atoms with E-state index >= 15 is 0 Å². The number of nitrogens with one attached hydrogen (secondary N) is 1. The summed E-state index contributed by atoms with van der Waals surface area (Å²) in [6.07, 6.45) is 4.87. The second-order valence-corrected chi connectivity index (χ2v) is 5.26. The predicted molar refractivity (Wildman–Crippen MR) is 74.2 cm³/mol. The minimum absolute atomic E-state index is 0.419. The molecule has 1 aliphatic heterocycles. The van der Waals surface area contributed by atoms with Crippen LogP contribution in [0.2, 0.25) is 0 Å². The fraction of sp³-hybridized carbons (Fsp3) is 0.923. The van der Waals surface area contributed by atoms with E-state index in [-0.39, 0.29) is 0 Å². The van der Waals surface area contributed by atoms with Gasteiger partial charge in [-0.3, -0.25) is 4.99 Å². The van der Waals surface area contributed by atoms with Gasteiger partial charge in [-0.25, -0.2) is 0 Å². The third-order valence-corrected chi connectivity index (χ3v) is 3.66. The van der Waals surface area contributed by atoms with Crippen molar-refractivity contribution in [1.29, 1.82) is 0 Å². The largest absolute Gasteiger partial charge is 0.370 e. The number of guanidine groups is 1. The Labute approximate surface area is 106 Å². The Morgan fingerprint density at radius 3 is 2.71 bits per heavy atom. The number of nitrogens with zero attached hydrogens (tertiary/aromatic N) is 2. The number of piperidine rings is 1. The molecule has 0 spiro atoms. The Balaban J connectivity index is 2.15. The van der Waals surface area contributed by atoms with Gasteiger partial charge in [0.15, 0.2) is 5.96 Å². The van der Waals surface area contributed by atoms with E-state index in [1.165, 1.54) is 32.4 Å². The maximum atomic E-state index is 5.82. The molecule has 1 unspecified atom stereocenters. The summed E-state index contributed by atoms with van der Waals surface area (Å²) < 4.78 is 0. The molecule has 0 amide bonds. The second kappa shape index (κ2) is 7.54. The van der Waals surface area contributed by atoms with Gasteiger partial charge in [0, 0.05) is 12.6 Å². The van der Waals surface area contributed by atoms with Crippen LogP contribution in [0.4, 0.5) is 0 Å². The van der Waals surface area contributed by atoms with Crippen LogP contribution < -0.4 is 11.1 Å². The van der Waals surface area contributed by atoms with Crippen molar-refractivity contribution in [3.8, 4) is 0 Å². The topological polar surface area (TPSA) is 53.6 Å². The summed E-state index contributed by atoms with van der Waals surface area (Å²) >= 11 is 0. The first kappa shape index (κ1) is 14.3. The van der Waals surface area contributed by atoms with Gasteiger partial charge < -0.3 is 16.0 Å². The van der Waals surface area contributed by atoms with Crippen molar-refractivity contribution in [3.63, 3.8) is 0 Å². The molecule has 17 heavy (non-hydrogen) atoms. The minimum atomic E-state index is 0.419. The molecule has 1 atom stereocenters. The number of rotatable bonds is 5. The second-order valence-electron chi connectivity index (χ2n) is 5.26. The first-order valence-electron chi connectivity index (χ1n) is 6.86. The van der Waals surface area contributed by atoms with Crippen molar-refractivity contribution in [2.75, 3.05) is 26.7 Å². The highest BCUT2D eigenvalue weighted by molar-refractivity contribution is 5.78. The van der Waals surface area contributed by atoms with Crippen LogP contribution >= 0.6 is 0 Å². The standard InChI is InChI=1S/C13H28N4/c1-4-11(2)16-13(14)15-8-5-12-6-9-17(3)10-7-12/h11-12H,4-10H2,1-3H3,(H3,14,15,16). The van der Waals surface area contributed by atoms with Crippen molar-refractivity contribution < 1.29 is 0 Å². The van der Waals surface area contributed by atoms with Crippen LogP contribution in [0.25, 0.3) is 0 Å². The molecule has 0 aromatic carbocycles. The molecular formula is C13H28N4. The van der Waals surface area contributed by atoms with Crippen LogP contribution in [0.3, 0.4) is 0 Å². The van der Waals surface area contributed by atoms with E-state index in [9.17, 15) is 0 Å². The molecule has 0 aromatic heterocycles. The van der Waals surface area contributed by atoms with Crippen molar-refractivity contribution in [1.82, 2.24) is 10.2 Å². The van der Waals surface area contributed by atoms with Crippen LogP contribution in [0, 0.1) is 5.92 Å². The molecule has 4 heteroatoms. The molecule has 0 aromatic rings. The Bertz CT molecular complexity index is 232. The summed E-state index contributed by atoms with van der Waals surface area (Å²) in [5.41, 5.74) is 5.82. The van der Waals surface area contributed by atoms with Crippen molar-refractivity contribution >= 4 is 5.96 Å². The quantitative estimate of drug-likeness (QED) is 0.564. The fourth-order valence-electron chi connectivity index (χ4n) is 2.12. The average molecular weight is 240 g/mol. The van der Waals surface area contributed by atoms with E-state index in [2.05, 4.69) is 36.1 Å². The van der Waals surface area contributed by atoms with Gasteiger partial charge in [0.25, 0.3) is 0 Å². The van der Waals surface area contributed by atoms with Crippen LogP contribution in [-0.2, 0) is 0 Å². The van der Waals surface area contributed by atoms with Crippen molar-refractivity contribution in [2.24, 2.45) is 16.6 Å². The smallest absolute Gasteiger partial charge is 0.188 e. The van der Waals surface area contributed by atoms with Gasteiger partial charge >= 0.3 is 0 Å². The molecule has 1 aliphatic rings. The summed E-state index contributed by atoms with van der Waals surface area (Å²) in [7, 11) is 2.20. The SMILES string of the molecule is CCC(C)NC(N)=NCCC1CCN(C)CC1. The lowest BCUT2D eigenvalue weighted by Crippen LogP contribution is -2.38. The summed E-state index contributed by atoms with van der Waals surface area (Å²) in [6, 6.07) is 0.419. The Hall–Kier alpha value is -0.770. The maximum absolute atomic E-state index is 5.82.